The van der Waals surface area contributed by atoms with E-state index in [1.807, 2.05) is 72.8 Å². The number of halogens is 3. The maximum Gasteiger partial charge on any atom is 0.264 e. The Kier molecular flexibility index (Phi) is 13.3. The number of hydrogen-bond donors (Lipinski definition) is 1. The van der Waals surface area contributed by atoms with Gasteiger partial charge in [0.1, 0.15) is 18.4 Å². The summed E-state index contributed by atoms with van der Waals surface area (Å²) in [7, 11) is -3.39. The highest BCUT2D eigenvalue weighted by atomic mass is 35.5. The molecule has 3 aliphatic heterocycles. The quantitative estimate of drug-likeness (QED) is 0.225. The highest BCUT2D eigenvalue weighted by Gasteiger charge is 2.36. The summed E-state index contributed by atoms with van der Waals surface area (Å²) in [5.74, 6) is 0. The maximum atomic E-state index is 13.1. The molecule has 0 unspecified atom stereocenters. The van der Waals surface area contributed by atoms with Gasteiger partial charge in [0.25, 0.3) is 10.1 Å². The van der Waals surface area contributed by atoms with Gasteiger partial charge in [0.15, 0.2) is 0 Å². The molecule has 0 radical (unpaired) electrons. The predicted molar refractivity (Wildman–Crippen MR) is 182 cm³/mol. The highest BCUT2D eigenvalue weighted by Crippen LogP contribution is 2.34. The zero-order chi connectivity index (χ0) is 31.6. The fraction of sp³-hybridized carbons (Fsp3) is 0.333. The molecule has 3 saturated heterocycles. The van der Waals surface area contributed by atoms with E-state index >= 15 is 0 Å². The number of alkyl halides is 2. The van der Waals surface area contributed by atoms with Gasteiger partial charge in [-0.2, -0.15) is 8.42 Å². The van der Waals surface area contributed by atoms with E-state index in [1.165, 1.54) is 22.3 Å². The first kappa shape index (κ1) is 35.7. The van der Waals surface area contributed by atoms with Gasteiger partial charge in [0, 0.05) is 39.3 Å². The van der Waals surface area contributed by atoms with Crippen LogP contribution in [0.2, 0.25) is 0 Å². The van der Waals surface area contributed by atoms with Gasteiger partial charge >= 0.3 is 0 Å². The molecule has 46 heavy (non-hydrogen) atoms. The molecule has 0 atom stereocenters. The van der Waals surface area contributed by atoms with Gasteiger partial charge in [0.05, 0.1) is 18.3 Å². The number of nitrogens with one attached hydrogen (secondary N) is 1. The zero-order valence-electron chi connectivity index (χ0n) is 25.9. The fourth-order valence-corrected chi connectivity index (χ4v) is 6.29. The van der Waals surface area contributed by atoms with Crippen molar-refractivity contribution in [2.24, 2.45) is 0 Å². The number of likely N-dealkylation sites (tertiary alicyclic amines) is 2. The lowest BCUT2D eigenvalue weighted by atomic mass is 9.94. The van der Waals surface area contributed by atoms with Crippen molar-refractivity contribution in [1.29, 1.82) is 0 Å². The summed E-state index contributed by atoms with van der Waals surface area (Å²) in [6, 6.07) is 41.4. The first-order chi connectivity index (χ1) is 21.8. The molecule has 0 bridgehead atoms. The number of rotatable bonds is 8. The Morgan fingerprint density at radius 2 is 0.913 bits per heavy atom. The fourth-order valence-electron chi connectivity index (χ4n) is 5.68. The topological polar surface area (TPSA) is 61.9 Å². The summed E-state index contributed by atoms with van der Waals surface area (Å²) in [5.41, 5.74) is 4.87. The normalized spacial score (nSPS) is 17.3. The molecule has 7 rings (SSSR count). The van der Waals surface area contributed by atoms with E-state index < -0.39 is 22.5 Å². The van der Waals surface area contributed by atoms with Crippen LogP contribution in [0.25, 0.3) is 0 Å². The van der Waals surface area contributed by atoms with Gasteiger partial charge < -0.3 is 5.32 Å². The van der Waals surface area contributed by atoms with Crippen molar-refractivity contribution in [2.75, 3.05) is 45.5 Å². The molecule has 10 heteroatoms. The van der Waals surface area contributed by atoms with Crippen LogP contribution >= 0.6 is 12.4 Å². The Morgan fingerprint density at radius 3 is 1.15 bits per heavy atom. The van der Waals surface area contributed by atoms with Crippen LogP contribution in [-0.4, -0.2) is 82.2 Å². The van der Waals surface area contributed by atoms with Gasteiger partial charge in [-0.1, -0.05) is 121 Å². The molecule has 4 aromatic carbocycles. The van der Waals surface area contributed by atoms with Gasteiger partial charge in [0.2, 0.25) is 0 Å². The number of hydrogen-bond acceptors (Lipinski definition) is 6. The SMILES string of the molecule is CS(=O)(=O)OC1CN(C(c2ccccc2)c2ccccc2)C1.Cl.FC1CN(C(c2ccccc2)c2ccccc2)C1.FC1CNC1. The van der Waals surface area contributed by atoms with E-state index in [9.17, 15) is 17.2 Å². The second kappa shape index (κ2) is 17.1. The summed E-state index contributed by atoms with van der Waals surface area (Å²) in [6.07, 6.45) is -0.360. The summed E-state index contributed by atoms with van der Waals surface area (Å²) in [6.45, 7) is 3.44. The lowest BCUT2D eigenvalue weighted by molar-refractivity contribution is 0.00475. The van der Waals surface area contributed by atoms with Crippen LogP contribution in [0.3, 0.4) is 0 Å². The molecule has 0 spiro atoms. The molecule has 3 aliphatic rings. The minimum absolute atomic E-state index is 0. The van der Waals surface area contributed by atoms with Crippen LogP contribution in [0.1, 0.15) is 34.3 Å². The molecule has 6 nitrogen and oxygen atoms in total. The van der Waals surface area contributed by atoms with Crippen LogP contribution < -0.4 is 5.32 Å². The van der Waals surface area contributed by atoms with Gasteiger partial charge in [-0.3, -0.25) is 14.0 Å². The average Bonchev–Trinajstić information content (AvgIpc) is 3.00. The van der Waals surface area contributed by atoms with Crippen LogP contribution in [0.5, 0.6) is 0 Å². The van der Waals surface area contributed by atoms with Gasteiger partial charge in [-0.15, -0.1) is 12.4 Å². The Bertz CT molecular complexity index is 1460. The summed E-state index contributed by atoms with van der Waals surface area (Å²) >= 11 is 0. The second-order valence-electron chi connectivity index (χ2n) is 11.6. The van der Waals surface area contributed by atoms with Crippen LogP contribution in [0.15, 0.2) is 121 Å². The van der Waals surface area contributed by atoms with Gasteiger partial charge in [-0.05, 0) is 22.3 Å². The molecule has 0 aromatic heterocycles. The molecule has 0 saturated carbocycles. The van der Waals surface area contributed by atoms with Gasteiger partial charge in [-0.25, -0.2) is 8.78 Å². The van der Waals surface area contributed by atoms with Crippen molar-refractivity contribution in [3.63, 3.8) is 0 Å². The largest absolute Gasteiger partial charge is 0.311 e. The number of benzene rings is 4. The average molecular weight is 670 g/mol. The Hall–Kier alpha value is -3.18. The maximum absolute atomic E-state index is 13.1. The molecule has 4 aromatic rings. The third-order valence-electron chi connectivity index (χ3n) is 7.98. The van der Waals surface area contributed by atoms with E-state index in [0.29, 0.717) is 39.3 Å². The van der Waals surface area contributed by atoms with E-state index in [4.69, 9.17) is 4.18 Å². The highest BCUT2D eigenvalue weighted by molar-refractivity contribution is 7.86. The van der Waals surface area contributed by atoms with Crippen LogP contribution in [-0.2, 0) is 14.3 Å². The summed E-state index contributed by atoms with van der Waals surface area (Å²) < 4.78 is 52.0. The Balaban J connectivity index is 0.000000180. The number of nitrogens with zero attached hydrogens (tertiary/aromatic N) is 2. The molecule has 246 valence electrons. The van der Waals surface area contributed by atoms with Crippen molar-refractivity contribution in [1.82, 2.24) is 15.1 Å². The second-order valence-corrected chi connectivity index (χ2v) is 13.2. The summed E-state index contributed by atoms with van der Waals surface area (Å²) in [4.78, 5) is 4.43. The standard InChI is InChI=1S/C17H19NO3S.C16H16FN.C3H6FN.ClH/c1-22(19,20)21-16-12-18(13-16)17(14-8-4-2-5-9-14)15-10-6-3-7-11-15;17-15-11-18(12-15)16(13-7-3-1-4-8-13)14-9-5-2-6-10-14;4-3-1-5-2-3;/h2-11,16-17H,12-13H2,1H3;1-10,15-16H,11-12H2;3,5H,1-2H2;1H. The van der Waals surface area contributed by atoms with E-state index in [-0.39, 0.29) is 30.6 Å². The van der Waals surface area contributed by atoms with Crippen molar-refractivity contribution in [2.45, 2.75) is 30.5 Å². The minimum atomic E-state index is -3.39. The molecule has 1 N–H and O–H groups in total. The minimum Gasteiger partial charge on any atom is -0.311 e. The van der Waals surface area contributed by atoms with Crippen LogP contribution in [0, 0.1) is 0 Å². The zero-order valence-corrected chi connectivity index (χ0v) is 27.5. The monoisotopic (exact) mass is 669 g/mol. The first-order valence-electron chi connectivity index (χ1n) is 15.3. The Morgan fingerprint density at radius 1 is 0.609 bits per heavy atom. The molecule has 0 aliphatic carbocycles. The Labute approximate surface area is 277 Å². The lowest BCUT2D eigenvalue weighted by Crippen LogP contribution is -2.54. The molecule has 3 fully saturated rings. The van der Waals surface area contributed by atoms with Crippen molar-refractivity contribution in [3.05, 3.63) is 144 Å². The third kappa shape index (κ3) is 10.2. The molecule has 3 heterocycles. The smallest absolute Gasteiger partial charge is 0.264 e. The van der Waals surface area contributed by atoms with E-state index in [0.717, 1.165) is 6.26 Å². The molecular formula is C36H42ClF2N3O3S. The molecule has 0 amide bonds. The summed E-state index contributed by atoms with van der Waals surface area (Å²) in [5, 5.41) is 2.79. The third-order valence-corrected chi connectivity index (χ3v) is 8.60. The van der Waals surface area contributed by atoms with Crippen molar-refractivity contribution in [3.8, 4) is 0 Å². The van der Waals surface area contributed by atoms with Crippen molar-refractivity contribution < 1.29 is 21.4 Å². The van der Waals surface area contributed by atoms with Crippen molar-refractivity contribution >= 4 is 22.5 Å². The lowest BCUT2D eigenvalue weighted by Gasteiger charge is -2.43. The predicted octanol–water partition coefficient (Wildman–Crippen LogP) is 6.22. The molecular weight excluding hydrogens is 628 g/mol. The van der Waals surface area contributed by atoms with E-state index in [1.54, 1.807) is 0 Å². The van der Waals surface area contributed by atoms with Crippen LogP contribution in [0.4, 0.5) is 8.78 Å². The first-order valence-corrected chi connectivity index (χ1v) is 17.1. The van der Waals surface area contributed by atoms with E-state index in [2.05, 4.69) is 63.6 Å².